The van der Waals surface area contributed by atoms with Crippen LogP contribution in [-0.2, 0) is 19.2 Å². The summed E-state index contributed by atoms with van der Waals surface area (Å²) in [6, 6.07) is 18.1. The van der Waals surface area contributed by atoms with Crippen molar-refractivity contribution in [2.45, 2.75) is 17.3 Å². The third-order valence-electron chi connectivity index (χ3n) is 4.08. The average molecular weight is 413 g/mol. The van der Waals surface area contributed by atoms with Gasteiger partial charge in [0.15, 0.2) is 11.0 Å². The van der Waals surface area contributed by atoms with Gasteiger partial charge in [0, 0.05) is 35.2 Å². The van der Waals surface area contributed by atoms with Gasteiger partial charge in [-0.2, -0.15) is 0 Å². The van der Waals surface area contributed by atoms with E-state index in [4.69, 9.17) is 16.6 Å². The summed E-state index contributed by atoms with van der Waals surface area (Å²) in [4.78, 5) is 4.75. The monoisotopic (exact) mass is 412 g/mol. The van der Waals surface area contributed by atoms with E-state index in [1.165, 1.54) is 5.56 Å². The van der Waals surface area contributed by atoms with Crippen molar-refractivity contribution in [3.05, 3.63) is 81.3 Å². The molecule has 0 saturated heterocycles. The molecule has 0 unspecified atom stereocenters. The number of hydrogen-bond donors (Lipinski definition) is 0. The van der Waals surface area contributed by atoms with Gasteiger partial charge >= 0.3 is 0 Å². The first kappa shape index (κ1) is 18.2. The van der Waals surface area contributed by atoms with E-state index in [9.17, 15) is 0 Å². The second-order valence-electron chi connectivity index (χ2n) is 6.06. The number of thiazole rings is 1. The van der Waals surface area contributed by atoms with E-state index in [1.807, 2.05) is 41.9 Å². The Labute approximate surface area is 171 Å². The van der Waals surface area contributed by atoms with Crippen molar-refractivity contribution in [3.63, 3.8) is 0 Å². The van der Waals surface area contributed by atoms with Gasteiger partial charge < -0.3 is 4.57 Å². The van der Waals surface area contributed by atoms with Crippen LogP contribution in [0.4, 0.5) is 0 Å². The van der Waals surface area contributed by atoms with E-state index >= 15 is 0 Å². The van der Waals surface area contributed by atoms with E-state index in [0.29, 0.717) is 5.02 Å². The summed E-state index contributed by atoms with van der Waals surface area (Å²) in [7, 11) is 1.98. The number of rotatable bonds is 6. The van der Waals surface area contributed by atoms with Crippen LogP contribution in [-0.4, -0.2) is 19.7 Å². The highest BCUT2D eigenvalue weighted by molar-refractivity contribution is 7.98. The minimum Gasteiger partial charge on any atom is -0.305 e. The van der Waals surface area contributed by atoms with Gasteiger partial charge in [-0.1, -0.05) is 53.7 Å². The van der Waals surface area contributed by atoms with Crippen LogP contribution in [0.3, 0.4) is 0 Å². The van der Waals surface area contributed by atoms with E-state index in [0.717, 1.165) is 39.4 Å². The third kappa shape index (κ3) is 4.40. The third-order valence-corrected chi connectivity index (χ3v) is 6.29. The first-order valence-corrected chi connectivity index (χ1v) is 10.7. The van der Waals surface area contributed by atoms with Gasteiger partial charge in [-0.25, -0.2) is 4.98 Å². The Kier molecular flexibility index (Phi) is 5.57. The van der Waals surface area contributed by atoms with Crippen LogP contribution in [0.1, 0.15) is 16.3 Å². The first-order chi connectivity index (χ1) is 13.2. The molecule has 4 aromatic rings. The second kappa shape index (κ2) is 8.25. The molecule has 0 aliphatic carbocycles. The molecule has 2 aromatic heterocycles. The summed E-state index contributed by atoms with van der Waals surface area (Å²) in [5.41, 5.74) is 3.36. The molecule has 0 fully saturated rings. The van der Waals surface area contributed by atoms with Crippen molar-refractivity contribution in [1.82, 2.24) is 19.7 Å². The standard InChI is InChI=1S/C20H17ClN4S2/c1-25-19(15-7-9-16(21)10-8-15)23-24-20(25)27-13-17-12-26-18(22-17)11-14-5-3-2-4-6-14/h2-10,12H,11,13H2,1H3. The molecule has 0 spiro atoms. The summed E-state index contributed by atoms with van der Waals surface area (Å²) < 4.78 is 2.01. The molecule has 0 amide bonds. The van der Waals surface area contributed by atoms with E-state index in [1.54, 1.807) is 23.1 Å². The van der Waals surface area contributed by atoms with E-state index < -0.39 is 0 Å². The lowest BCUT2D eigenvalue weighted by molar-refractivity contribution is 0.793. The normalized spacial score (nSPS) is 11.0. The molecule has 0 radical (unpaired) electrons. The van der Waals surface area contributed by atoms with E-state index in [-0.39, 0.29) is 0 Å². The second-order valence-corrected chi connectivity index (χ2v) is 8.38. The molecule has 0 bridgehead atoms. The smallest absolute Gasteiger partial charge is 0.191 e. The summed E-state index contributed by atoms with van der Waals surface area (Å²) in [5.74, 6) is 1.61. The zero-order valence-corrected chi connectivity index (χ0v) is 17.1. The van der Waals surface area contributed by atoms with Crippen LogP contribution < -0.4 is 0 Å². The fraction of sp³-hybridized carbons (Fsp3) is 0.150. The van der Waals surface area contributed by atoms with Crippen LogP contribution in [0, 0.1) is 0 Å². The minimum atomic E-state index is 0.713. The van der Waals surface area contributed by atoms with Gasteiger partial charge in [-0.15, -0.1) is 21.5 Å². The Morgan fingerprint density at radius 3 is 2.59 bits per heavy atom. The summed E-state index contributed by atoms with van der Waals surface area (Å²) >= 11 is 9.32. The Bertz CT molecular complexity index is 1030. The van der Waals surface area contributed by atoms with Crippen molar-refractivity contribution < 1.29 is 0 Å². The van der Waals surface area contributed by atoms with Gasteiger partial charge in [-0.05, 0) is 29.8 Å². The first-order valence-electron chi connectivity index (χ1n) is 8.44. The number of benzene rings is 2. The highest BCUT2D eigenvalue weighted by Gasteiger charge is 2.12. The van der Waals surface area contributed by atoms with Crippen LogP contribution in [0.15, 0.2) is 65.1 Å². The Morgan fingerprint density at radius 1 is 1.04 bits per heavy atom. The Hall–Kier alpha value is -2.15. The lowest BCUT2D eigenvalue weighted by atomic mass is 10.2. The lowest BCUT2D eigenvalue weighted by Gasteiger charge is -2.03. The van der Waals surface area contributed by atoms with Crippen molar-refractivity contribution >= 4 is 34.7 Å². The molecule has 4 nitrogen and oxygen atoms in total. The predicted octanol–water partition coefficient (Wildman–Crippen LogP) is 5.48. The molecule has 0 atom stereocenters. The lowest BCUT2D eigenvalue weighted by Crippen LogP contribution is -1.95. The highest BCUT2D eigenvalue weighted by Crippen LogP contribution is 2.26. The number of aromatic nitrogens is 4. The molecular weight excluding hydrogens is 396 g/mol. The molecule has 136 valence electrons. The van der Waals surface area contributed by atoms with Crippen molar-refractivity contribution in [2.75, 3.05) is 0 Å². The SMILES string of the molecule is Cn1c(SCc2csc(Cc3ccccc3)n2)nnc1-c1ccc(Cl)cc1. The van der Waals surface area contributed by atoms with Crippen LogP contribution >= 0.6 is 34.7 Å². The number of hydrogen-bond acceptors (Lipinski definition) is 5. The maximum absolute atomic E-state index is 5.96. The molecule has 2 aromatic carbocycles. The maximum Gasteiger partial charge on any atom is 0.191 e. The van der Waals surface area contributed by atoms with Gasteiger partial charge in [-0.3, -0.25) is 0 Å². The van der Waals surface area contributed by atoms with Crippen LogP contribution in [0.2, 0.25) is 5.02 Å². The number of nitrogens with zero attached hydrogens (tertiary/aromatic N) is 4. The minimum absolute atomic E-state index is 0.713. The van der Waals surface area contributed by atoms with Gasteiger partial charge in [0.25, 0.3) is 0 Å². The fourth-order valence-electron chi connectivity index (χ4n) is 2.70. The van der Waals surface area contributed by atoms with Gasteiger partial charge in [0.05, 0.1) is 10.7 Å². The summed E-state index contributed by atoms with van der Waals surface area (Å²) in [6.45, 7) is 0. The molecule has 0 saturated carbocycles. The Balaban J connectivity index is 1.41. The van der Waals surface area contributed by atoms with Crippen molar-refractivity contribution in [1.29, 1.82) is 0 Å². The predicted molar refractivity (Wildman–Crippen MR) is 112 cm³/mol. The number of thioether (sulfide) groups is 1. The fourth-order valence-corrected chi connectivity index (χ4v) is 4.56. The number of halogens is 1. The Morgan fingerprint density at radius 2 is 1.81 bits per heavy atom. The summed E-state index contributed by atoms with van der Waals surface area (Å²) in [6.07, 6.45) is 0.876. The van der Waals surface area contributed by atoms with Crippen LogP contribution in [0.5, 0.6) is 0 Å². The molecule has 27 heavy (non-hydrogen) atoms. The quantitative estimate of drug-likeness (QED) is 0.393. The topological polar surface area (TPSA) is 43.6 Å². The largest absolute Gasteiger partial charge is 0.305 e. The van der Waals surface area contributed by atoms with E-state index in [2.05, 4.69) is 39.8 Å². The molecule has 2 heterocycles. The average Bonchev–Trinajstić information content (AvgIpc) is 3.28. The molecule has 0 N–H and O–H groups in total. The van der Waals surface area contributed by atoms with Crippen molar-refractivity contribution in [3.8, 4) is 11.4 Å². The zero-order chi connectivity index (χ0) is 18.6. The highest BCUT2D eigenvalue weighted by atomic mass is 35.5. The molecule has 7 heteroatoms. The molecule has 0 aliphatic heterocycles. The molecule has 0 aliphatic rings. The van der Waals surface area contributed by atoms with Crippen LogP contribution in [0.25, 0.3) is 11.4 Å². The molecular formula is C20H17ClN4S2. The maximum atomic E-state index is 5.96. The zero-order valence-electron chi connectivity index (χ0n) is 14.7. The van der Waals surface area contributed by atoms with Gasteiger partial charge in [0.1, 0.15) is 0 Å². The van der Waals surface area contributed by atoms with Crippen molar-refractivity contribution in [2.24, 2.45) is 7.05 Å². The summed E-state index contributed by atoms with van der Waals surface area (Å²) in [5, 5.41) is 13.5. The van der Waals surface area contributed by atoms with Gasteiger partial charge in [0.2, 0.25) is 0 Å². The molecule has 4 rings (SSSR count).